The Bertz CT molecular complexity index is 1300. The van der Waals surface area contributed by atoms with Crippen LogP contribution in [0.15, 0.2) is 52.6 Å². The number of hydrogen-bond donors (Lipinski definition) is 1. The summed E-state index contributed by atoms with van der Waals surface area (Å²) in [6, 6.07) is 13.1. The summed E-state index contributed by atoms with van der Waals surface area (Å²) < 4.78 is 0. The first-order valence-electron chi connectivity index (χ1n) is 9.90. The number of likely N-dealkylation sites (N-methyl/N-ethyl adjacent to an activating group) is 1. The van der Waals surface area contributed by atoms with Crippen molar-refractivity contribution in [2.45, 2.75) is 26.8 Å². The number of aromatic nitrogens is 3. The second-order valence-corrected chi connectivity index (χ2v) is 8.56. The van der Waals surface area contributed by atoms with Crippen LogP contribution >= 0.6 is 22.9 Å². The van der Waals surface area contributed by atoms with E-state index in [1.165, 1.54) is 16.9 Å². The molecule has 4 rings (SSSR count). The third-order valence-electron chi connectivity index (χ3n) is 4.98. The highest BCUT2D eigenvalue weighted by molar-refractivity contribution is 7.13. The molecule has 0 spiro atoms. The van der Waals surface area contributed by atoms with Gasteiger partial charge in [0.1, 0.15) is 10.8 Å². The number of nitrogens with zero attached hydrogens (tertiary/aromatic N) is 3. The number of carbonyl (C=O) groups excluding carboxylic acids is 1. The van der Waals surface area contributed by atoms with Gasteiger partial charge in [-0.05, 0) is 32.0 Å². The fraction of sp³-hybridized carbons (Fsp3) is 0.217. The number of fused-ring (bicyclic) bond motifs is 1. The van der Waals surface area contributed by atoms with Crippen molar-refractivity contribution in [3.8, 4) is 10.6 Å². The van der Waals surface area contributed by atoms with Crippen molar-refractivity contribution in [3.05, 3.63) is 80.3 Å². The van der Waals surface area contributed by atoms with Crippen LogP contribution in [0, 0.1) is 6.92 Å². The maximum Gasteiger partial charge on any atom is 0.258 e. The summed E-state index contributed by atoms with van der Waals surface area (Å²) in [5.41, 5.74) is 3.23. The summed E-state index contributed by atoms with van der Waals surface area (Å²) in [4.78, 5) is 38.8. The van der Waals surface area contributed by atoms with Crippen LogP contribution in [0.25, 0.3) is 21.5 Å². The quantitative estimate of drug-likeness (QED) is 0.463. The molecule has 4 aromatic rings. The molecular weight excluding hydrogens is 432 g/mol. The van der Waals surface area contributed by atoms with Gasteiger partial charge in [-0.3, -0.25) is 9.59 Å². The van der Waals surface area contributed by atoms with Crippen molar-refractivity contribution in [3.63, 3.8) is 0 Å². The number of hydrogen-bond acceptors (Lipinski definition) is 5. The third kappa shape index (κ3) is 4.84. The van der Waals surface area contributed by atoms with E-state index in [-0.39, 0.29) is 24.4 Å². The molecule has 2 aromatic heterocycles. The van der Waals surface area contributed by atoms with E-state index in [0.29, 0.717) is 28.3 Å². The Morgan fingerprint density at radius 1 is 1.16 bits per heavy atom. The molecule has 31 heavy (non-hydrogen) atoms. The van der Waals surface area contributed by atoms with E-state index in [9.17, 15) is 9.59 Å². The van der Waals surface area contributed by atoms with Crippen molar-refractivity contribution in [2.75, 3.05) is 6.54 Å². The minimum absolute atomic E-state index is 0.0721. The predicted octanol–water partition coefficient (Wildman–Crippen LogP) is 4.60. The zero-order valence-electron chi connectivity index (χ0n) is 17.2. The van der Waals surface area contributed by atoms with E-state index in [0.717, 1.165) is 16.3 Å². The van der Waals surface area contributed by atoms with Gasteiger partial charge in [-0.1, -0.05) is 41.4 Å². The average molecular weight is 453 g/mol. The lowest BCUT2D eigenvalue weighted by atomic mass is 10.2. The standard InChI is InChI=1S/C23H21ClN4O2S/c1-3-28(12-20-26-19-10-16(24)8-9-18(19)22(30)27-20)21(29)11-17-13-31-23(25-17)15-6-4-14(2)5-7-15/h4-10,13H,3,11-12H2,1-2H3,(H,26,27,30). The van der Waals surface area contributed by atoms with Gasteiger partial charge < -0.3 is 9.88 Å². The molecule has 1 amide bonds. The lowest BCUT2D eigenvalue weighted by Crippen LogP contribution is -2.33. The first-order valence-corrected chi connectivity index (χ1v) is 11.2. The number of rotatable bonds is 6. The first-order chi connectivity index (χ1) is 14.9. The SMILES string of the molecule is CCN(Cc1nc2cc(Cl)ccc2c(=O)[nH]1)C(=O)Cc1csc(-c2ccc(C)cc2)n1. The summed E-state index contributed by atoms with van der Waals surface area (Å²) in [5, 5.41) is 3.78. The highest BCUT2D eigenvalue weighted by Crippen LogP contribution is 2.24. The normalized spacial score (nSPS) is 11.1. The van der Waals surface area contributed by atoms with Crippen molar-refractivity contribution >= 4 is 39.7 Å². The van der Waals surface area contributed by atoms with Crippen molar-refractivity contribution < 1.29 is 4.79 Å². The van der Waals surface area contributed by atoms with Gasteiger partial charge in [0.25, 0.3) is 5.56 Å². The summed E-state index contributed by atoms with van der Waals surface area (Å²) >= 11 is 7.55. The van der Waals surface area contributed by atoms with Gasteiger partial charge in [-0.15, -0.1) is 11.3 Å². The van der Waals surface area contributed by atoms with Gasteiger partial charge in [-0.25, -0.2) is 9.97 Å². The Hall–Kier alpha value is -3.03. The van der Waals surface area contributed by atoms with Crippen LogP contribution in [0.5, 0.6) is 0 Å². The van der Waals surface area contributed by atoms with Crippen molar-refractivity contribution in [1.82, 2.24) is 19.9 Å². The van der Waals surface area contributed by atoms with Crippen molar-refractivity contribution in [2.24, 2.45) is 0 Å². The molecule has 0 radical (unpaired) electrons. The van der Waals surface area contributed by atoms with Crippen LogP contribution in [0.1, 0.15) is 24.0 Å². The minimum atomic E-state index is -0.248. The van der Waals surface area contributed by atoms with E-state index >= 15 is 0 Å². The van der Waals surface area contributed by atoms with Gasteiger partial charge in [0.2, 0.25) is 5.91 Å². The molecule has 0 saturated heterocycles. The van der Waals surface area contributed by atoms with Crippen LogP contribution in [0.2, 0.25) is 5.02 Å². The fourth-order valence-corrected chi connectivity index (χ4v) is 4.27. The Labute approximate surface area is 188 Å². The highest BCUT2D eigenvalue weighted by Gasteiger charge is 2.17. The molecule has 2 aromatic carbocycles. The van der Waals surface area contributed by atoms with Crippen LogP contribution in [-0.2, 0) is 17.8 Å². The molecular formula is C23H21ClN4O2S. The summed E-state index contributed by atoms with van der Waals surface area (Å²) in [5.74, 6) is 0.352. The lowest BCUT2D eigenvalue weighted by Gasteiger charge is -2.20. The number of halogens is 1. The Morgan fingerprint density at radius 2 is 1.94 bits per heavy atom. The minimum Gasteiger partial charge on any atom is -0.335 e. The zero-order chi connectivity index (χ0) is 22.0. The van der Waals surface area contributed by atoms with Gasteiger partial charge in [0, 0.05) is 22.5 Å². The smallest absolute Gasteiger partial charge is 0.258 e. The van der Waals surface area contributed by atoms with E-state index in [1.54, 1.807) is 23.1 Å². The first kappa shape index (κ1) is 21.2. The largest absolute Gasteiger partial charge is 0.335 e. The molecule has 0 atom stereocenters. The van der Waals surface area contributed by atoms with Gasteiger partial charge in [-0.2, -0.15) is 0 Å². The van der Waals surface area contributed by atoms with E-state index < -0.39 is 0 Å². The maximum atomic E-state index is 12.9. The molecule has 8 heteroatoms. The van der Waals surface area contributed by atoms with Crippen LogP contribution in [-0.4, -0.2) is 32.3 Å². The number of carbonyl (C=O) groups is 1. The molecule has 0 fully saturated rings. The van der Waals surface area contributed by atoms with Crippen LogP contribution in [0.4, 0.5) is 0 Å². The predicted molar refractivity (Wildman–Crippen MR) is 124 cm³/mol. The average Bonchev–Trinajstić information content (AvgIpc) is 3.20. The molecule has 1 N–H and O–H groups in total. The van der Waals surface area contributed by atoms with E-state index in [4.69, 9.17) is 11.6 Å². The molecule has 158 valence electrons. The number of benzene rings is 2. The lowest BCUT2D eigenvalue weighted by molar-refractivity contribution is -0.131. The number of H-pyrrole nitrogens is 1. The van der Waals surface area contributed by atoms with E-state index in [2.05, 4.69) is 15.0 Å². The van der Waals surface area contributed by atoms with Gasteiger partial charge in [0.15, 0.2) is 0 Å². The second-order valence-electron chi connectivity index (χ2n) is 7.27. The number of amides is 1. The summed E-state index contributed by atoms with van der Waals surface area (Å²) in [7, 11) is 0. The van der Waals surface area contributed by atoms with Gasteiger partial charge in [0.05, 0.1) is 29.6 Å². The van der Waals surface area contributed by atoms with E-state index in [1.807, 2.05) is 43.5 Å². The van der Waals surface area contributed by atoms with Gasteiger partial charge >= 0.3 is 0 Å². The number of aryl methyl sites for hydroxylation is 1. The molecule has 0 saturated carbocycles. The monoisotopic (exact) mass is 452 g/mol. The number of aromatic amines is 1. The molecule has 6 nitrogen and oxygen atoms in total. The Kier molecular flexibility index (Phi) is 6.15. The topological polar surface area (TPSA) is 79.0 Å². The summed E-state index contributed by atoms with van der Waals surface area (Å²) in [6.45, 7) is 4.64. The molecule has 0 aliphatic carbocycles. The second kappa shape index (κ2) is 8.99. The molecule has 0 bridgehead atoms. The number of nitrogens with one attached hydrogen (secondary N) is 1. The third-order valence-corrected chi connectivity index (χ3v) is 6.15. The molecule has 0 aliphatic heterocycles. The fourth-order valence-electron chi connectivity index (χ4n) is 3.28. The molecule has 0 unspecified atom stereocenters. The van der Waals surface area contributed by atoms with Crippen LogP contribution in [0.3, 0.4) is 0 Å². The molecule has 0 aliphatic rings. The Morgan fingerprint density at radius 3 is 2.68 bits per heavy atom. The van der Waals surface area contributed by atoms with Crippen LogP contribution < -0.4 is 5.56 Å². The maximum absolute atomic E-state index is 12.9. The van der Waals surface area contributed by atoms with Crippen molar-refractivity contribution in [1.29, 1.82) is 0 Å². The highest BCUT2D eigenvalue weighted by atomic mass is 35.5. The molecule has 2 heterocycles. The Balaban J connectivity index is 1.49. The number of thiazole rings is 1. The summed E-state index contributed by atoms with van der Waals surface area (Å²) in [6.07, 6.45) is 0.194. The zero-order valence-corrected chi connectivity index (χ0v) is 18.8.